The second kappa shape index (κ2) is 7.25. The van der Waals surface area contributed by atoms with Gasteiger partial charge in [-0.2, -0.15) is 4.98 Å². The molecule has 1 aromatic heterocycles. The van der Waals surface area contributed by atoms with Crippen molar-refractivity contribution < 1.29 is 14.3 Å². The van der Waals surface area contributed by atoms with E-state index >= 15 is 0 Å². The van der Waals surface area contributed by atoms with Crippen molar-refractivity contribution in [1.82, 2.24) is 9.97 Å². The summed E-state index contributed by atoms with van der Waals surface area (Å²) in [6, 6.07) is 24.2. The van der Waals surface area contributed by atoms with Crippen molar-refractivity contribution in [3.8, 4) is 23.0 Å². The number of hydrogen-bond donors (Lipinski definition) is 0. The van der Waals surface area contributed by atoms with E-state index in [0.717, 1.165) is 16.5 Å². The van der Waals surface area contributed by atoms with Crippen LogP contribution in [0.3, 0.4) is 0 Å². The van der Waals surface area contributed by atoms with E-state index in [-0.39, 0.29) is 5.97 Å². The van der Waals surface area contributed by atoms with Gasteiger partial charge < -0.3 is 9.47 Å². The average Bonchev–Trinajstić information content (AvgIpc) is 2.74. The van der Waals surface area contributed by atoms with Crippen molar-refractivity contribution in [3.63, 3.8) is 0 Å². The minimum absolute atomic E-state index is 0.389. The molecular formula is C22H16N2O3. The number of ether oxygens (including phenoxy) is 2. The molecule has 132 valence electrons. The van der Waals surface area contributed by atoms with Gasteiger partial charge in [0.25, 0.3) is 0 Å². The molecule has 0 bridgehead atoms. The lowest BCUT2D eigenvalue weighted by molar-refractivity contribution is 0.0600. The maximum absolute atomic E-state index is 11.6. The van der Waals surface area contributed by atoms with E-state index in [2.05, 4.69) is 9.97 Å². The van der Waals surface area contributed by atoms with E-state index in [1.54, 1.807) is 24.3 Å². The number of hydrogen-bond acceptors (Lipinski definition) is 5. The Kier molecular flexibility index (Phi) is 4.49. The average molecular weight is 356 g/mol. The van der Waals surface area contributed by atoms with Crippen LogP contribution in [0.5, 0.6) is 11.6 Å². The van der Waals surface area contributed by atoms with E-state index in [0.29, 0.717) is 23.0 Å². The summed E-state index contributed by atoms with van der Waals surface area (Å²) in [5.74, 6) is 1.24. The molecule has 0 unspecified atom stereocenters. The van der Waals surface area contributed by atoms with E-state index in [1.165, 1.54) is 7.11 Å². The van der Waals surface area contributed by atoms with Crippen LogP contribution in [0, 0.1) is 0 Å². The van der Waals surface area contributed by atoms with Crippen LogP contribution in [-0.2, 0) is 4.74 Å². The van der Waals surface area contributed by atoms with Crippen LogP contribution >= 0.6 is 0 Å². The fraction of sp³-hybridized carbons (Fsp3) is 0.0455. The first-order chi connectivity index (χ1) is 13.2. The number of para-hydroxylation sites is 1. The van der Waals surface area contributed by atoms with Crippen molar-refractivity contribution in [3.05, 3.63) is 84.4 Å². The van der Waals surface area contributed by atoms with Gasteiger partial charge in [-0.05, 0) is 36.4 Å². The first kappa shape index (κ1) is 16.7. The van der Waals surface area contributed by atoms with Crippen LogP contribution in [0.4, 0.5) is 0 Å². The lowest BCUT2D eigenvalue weighted by Crippen LogP contribution is -2.00. The number of fused-ring (bicyclic) bond motifs is 1. The van der Waals surface area contributed by atoms with Gasteiger partial charge in [0.15, 0.2) is 5.82 Å². The largest absolute Gasteiger partial charge is 0.465 e. The van der Waals surface area contributed by atoms with Gasteiger partial charge in [-0.15, -0.1) is 0 Å². The summed E-state index contributed by atoms with van der Waals surface area (Å²) < 4.78 is 10.7. The minimum atomic E-state index is -0.389. The van der Waals surface area contributed by atoms with Gasteiger partial charge in [0.1, 0.15) is 5.75 Å². The fourth-order valence-electron chi connectivity index (χ4n) is 2.73. The maximum atomic E-state index is 11.6. The molecule has 0 spiro atoms. The highest BCUT2D eigenvalue weighted by Gasteiger charge is 2.12. The van der Waals surface area contributed by atoms with Gasteiger partial charge in [-0.3, -0.25) is 0 Å². The molecule has 1 heterocycles. The van der Waals surface area contributed by atoms with E-state index < -0.39 is 0 Å². The molecule has 0 amide bonds. The van der Waals surface area contributed by atoms with Crippen LogP contribution in [-0.4, -0.2) is 23.0 Å². The van der Waals surface area contributed by atoms with Crippen molar-refractivity contribution in [1.29, 1.82) is 0 Å². The SMILES string of the molecule is COC(=O)c1ccc(Oc2nc(-c3ccccc3)nc3ccccc23)cc1. The molecule has 0 fully saturated rings. The Morgan fingerprint density at radius 2 is 1.52 bits per heavy atom. The zero-order valence-corrected chi connectivity index (χ0v) is 14.6. The first-order valence-corrected chi connectivity index (χ1v) is 8.43. The highest BCUT2D eigenvalue weighted by atomic mass is 16.5. The third kappa shape index (κ3) is 3.48. The number of esters is 1. The zero-order valence-electron chi connectivity index (χ0n) is 14.6. The molecule has 27 heavy (non-hydrogen) atoms. The van der Waals surface area contributed by atoms with E-state index in [4.69, 9.17) is 9.47 Å². The van der Waals surface area contributed by atoms with Crippen LogP contribution < -0.4 is 4.74 Å². The molecule has 4 aromatic rings. The minimum Gasteiger partial charge on any atom is -0.465 e. The van der Waals surface area contributed by atoms with Crippen LogP contribution in [0.15, 0.2) is 78.9 Å². The van der Waals surface area contributed by atoms with Crippen molar-refractivity contribution >= 4 is 16.9 Å². The third-order valence-electron chi connectivity index (χ3n) is 4.09. The summed E-state index contributed by atoms with van der Waals surface area (Å²) in [5.41, 5.74) is 2.17. The zero-order chi connectivity index (χ0) is 18.6. The quantitative estimate of drug-likeness (QED) is 0.488. The maximum Gasteiger partial charge on any atom is 0.337 e. The first-order valence-electron chi connectivity index (χ1n) is 8.43. The second-order valence-corrected chi connectivity index (χ2v) is 5.85. The number of methoxy groups -OCH3 is 1. The highest BCUT2D eigenvalue weighted by Crippen LogP contribution is 2.30. The van der Waals surface area contributed by atoms with Gasteiger partial charge in [0, 0.05) is 5.56 Å². The number of aromatic nitrogens is 2. The monoisotopic (exact) mass is 356 g/mol. The lowest BCUT2D eigenvalue weighted by atomic mass is 10.2. The Hall–Kier alpha value is -3.73. The molecule has 0 N–H and O–H groups in total. The molecule has 0 saturated carbocycles. The Morgan fingerprint density at radius 1 is 0.815 bits per heavy atom. The van der Waals surface area contributed by atoms with Gasteiger partial charge in [0.05, 0.1) is 23.6 Å². The lowest BCUT2D eigenvalue weighted by Gasteiger charge is -2.10. The molecule has 5 heteroatoms. The summed E-state index contributed by atoms with van der Waals surface area (Å²) >= 11 is 0. The number of carbonyl (C=O) groups excluding carboxylic acids is 1. The van der Waals surface area contributed by atoms with Gasteiger partial charge in [0.2, 0.25) is 5.88 Å². The molecule has 0 aliphatic rings. The topological polar surface area (TPSA) is 61.3 Å². The molecule has 0 aliphatic carbocycles. The summed E-state index contributed by atoms with van der Waals surface area (Å²) in [6.07, 6.45) is 0. The Labute approximate surface area is 156 Å². The standard InChI is InChI=1S/C22H16N2O3/c1-26-22(25)16-11-13-17(14-12-16)27-21-18-9-5-6-10-19(18)23-20(24-21)15-7-3-2-4-8-15/h2-14H,1H3. The number of benzene rings is 3. The molecule has 0 aliphatic heterocycles. The predicted molar refractivity (Wildman–Crippen MR) is 103 cm³/mol. The smallest absolute Gasteiger partial charge is 0.337 e. The summed E-state index contributed by atoms with van der Waals surface area (Å²) in [4.78, 5) is 20.8. The van der Waals surface area contributed by atoms with Crippen molar-refractivity contribution in [2.45, 2.75) is 0 Å². The second-order valence-electron chi connectivity index (χ2n) is 5.85. The van der Waals surface area contributed by atoms with E-state index in [9.17, 15) is 4.79 Å². The number of carbonyl (C=O) groups is 1. The van der Waals surface area contributed by atoms with Gasteiger partial charge in [-0.1, -0.05) is 42.5 Å². The molecule has 4 rings (SSSR count). The van der Waals surface area contributed by atoms with Crippen LogP contribution in [0.1, 0.15) is 10.4 Å². The van der Waals surface area contributed by atoms with Crippen molar-refractivity contribution in [2.24, 2.45) is 0 Å². The highest BCUT2D eigenvalue weighted by molar-refractivity contribution is 5.89. The summed E-state index contributed by atoms with van der Waals surface area (Å²) in [6.45, 7) is 0. The van der Waals surface area contributed by atoms with Crippen LogP contribution in [0.2, 0.25) is 0 Å². The van der Waals surface area contributed by atoms with E-state index in [1.807, 2.05) is 54.6 Å². The van der Waals surface area contributed by atoms with Crippen LogP contribution in [0.25, 0.3) is 22.3 Å². The number of nitrogens with zero attached hydrogens (tertiary/aromatic N) is 2. The summed E-state index contributed by atoms with van der Waals surface area (Å²) in [5, 5.41) is 0.814. The molecule has 0 radical (unpaired) electrons. The molecular weight excluding hydrogens is 340 g/mol. The fourth-order valence-corrected chi connectivity index (χ4v) is 2.73. The molecule has 3 aromatic carbocycles. The molecule has 5 nitrogen and oxygen atoms in total. The summed E-state index contributed by atoms with van der Waals surface area (Å²) in [7, 11) is 1.35. The normalized spacial score (nSPS) is 10.6. The Bertz CT molecular complexity index is 1090. The van der Waals surface area contributed by atoms with Gasteiger partial charge in [-0.25, -0.2) is 9.78 Å². The molecule has 0 atom stereocenters. The third-order valence-corrected chi connectivity index (χ3v) is 4.09. The Morgan fingerprint density at radius 3 is 2.26 bits per heavy atom. The predicted octanol–water partition coefficient (Wildman–Crippen LogP) is 4.88. The number of rotatable bonds is 4. The Balaban J connectivity index is 1.75. The van der Waals surface area contributed by atoms with Crippen molar-refractivity contribution in [2.75, 3.05) is 7.11 Å². The molecule has 0 saturated heterocycles. The van der Waals surface area contributed by atoms with Gasteiger partial charge >= 0.3 is 5.97 Å².